The van der Waals surface area contributed by atoms with Gasteiger partial charge in [0.15, 0.2) is 0 Å². The van der Waals surface area contributed by atoms with E-state index in [0.29, 0.717) is 0 Å². The van der Waals surface area contributed by atoms with Crippen LogP contribution >= 0.6 is 0 Å². The first-order chi connectivity index (χ1) is 18.3. The number of carbonyl (C=O) groups is 6. The van der Waals surface area contributed by atoms with Crippen LogP contribution in [-0.2, 0) is 25.8 Å². The third-order valence-electron chi connectivity index (χ3n) is 5.52. The molecule has 16 nitrogen and oxygen atoms in total. The Morgan fingerprint density at radius 2 is 1.56 bits per heavy atom. The van der Waals surface area contributed by atoms with Crippen LogP contribution in [0.4, 0.5) is 11.4 Å². The summed E-state index contributed by atoms with van der Waals surface area (Å²) in [6.07, 6.45) is -1.40. The van der Waals surface area contributed by atoms with Gasteiger partial charge in [-0.05, 0) is 18.2 Å². The number of hydrogen-bond acceptors (Lipinski definition) is 9. The van der Waals surface area contributed by atoms with Crippen molar-refractivity contribution in [2.24, 2.45) is 17.2 Å². The molecule has 2 aromatic carbocycles. The van der Waals surface area contributed by atoms with Crippen molar-refractivity contribution in [3.05, 3.63) is 63.2 Å². The van der Waals surface area contributed by atoms with Gasteiger partial charge in [0, 0.05) is 28.9 Å². The highest BCUT2D eigenvalue weighted by atomic mass is 16.6. The summed E-state index contributed by atoms with van der Waals surface area (Å²) in [5.41, 5.74) is 15.2. The molecular weight excluding hydrogens is 518 g/mol. The van der Waals surface area contributed by atoms with Crippen LogP contribution < -0.4 is 37.9 Å². The molecule has 0 spiro atoms. The molecular formula is C23H23N7O9. The molecule has 0 fully saturated rings. The molecule has 9 N–H and O–H groups in total. The minimum atomic E-state index is -1.65. The van der Waals surface area contributed by atoms with Gasteiger partial charge < -0.3 is 37.9 Å². The zero-order valence-electron chi connectivity index (χ0n) is 20.1. The van der Waals surface area contributed by atoms with E-state index in [4.69, 9.17) is 21.9 Å². The molecule has 0 aromatic heterocycles. The third kappa shape index (κ3) is 7.03. The molecule has 1 aliphatic heterocycles. The number of nitro benzene ring substituents is 1. The molecule has 2 atom stereocenters. The maximum atomic E-state index is 13.1. The van der Waals surface area contributed by atoms with Crippen molar-refractivity contribution in [2.75, 3.05) is 5.32 Å². The molecule has 0 aliphatic carbocycles. The van der Waals surface area contributed by atoms with E-state index in [-0.39, 0.29) is 34.7 Å². The van der Waals surface area contributed by atoms with Crippen LogP contribution in [0.15, 0.2) is 36.4 Å². The number of primary amides is 3. The molecule has 204 valence electrons. The maximum Gasteiger partial charge on any atom is 0.270 e. The number of rotatable bonds is 6. The largest absolute Gasteiger partial charge is 0.488 e. The van der Waals surface area contributed by atoms with Gasteiger partial charge in [-0.2, -0.15) is 0 Å². The molecule has 0 unspecified atom stereocenters. The standard InChI is InChI=1S/C23H23N7O9/c24-18(31)7-15-23(36)29-16(8-19(25)32)22(35)27-14-5-10(20(26)33)1-2-11(14)9-39-17-4-3-12(30(37)38)6-13(17)21(34)28-15/h1-6,15-16H,7-9H2,(H2,24,31)(H2,25,32)(H2,26,33)(H,27,35)(H,28,34)(H,29,36)/t15-,16-/m0/s1. The second-order valence-corrected chi connectivity index (χ2v) is 8.38. The Kier molecular flexibility index (Phi) is 8.39. The lowest BCUT2D eigenvalue weighted by Crippen LogP contribution is -2.54. The van der Waals surface area contributed by atoms with Gasteiger partial charge in [-0.15, -0.1) is 0 Å². The maximum absolute atomic E-state index is 13.1. The second kappa shape index (κ2) is 11.7. The fourth-order valence-corrected chi connectivity index (χ4v) is 3.61. The summed E-state index contributed by atoms with van der Waals surface area (Å²) in [5, 5.41) is 18.3. The van der Waals surface area contributed by atoms with Crippen LogP contribution in [0.3, 0.4) is 0 Å². The van der Waals surface area contributed by atoms with Crippen LogP contribution in [0.1, 0.15) is 39.1 Å². The number of non-ortho nitro benzene ring substituents is 1. The summed E-state index contributed by atoms with van der Waals surface area (Å²) < 4.78 is 5.72. The molecule has 3 rings (SSSR count). The quantitative estimate of drug-likeness (QED) is 0.184. The number of amides is 6. The normalized spacial score (nSPS) is 17.6. The van der Waals surface area contributed by atoms with Crippen LogP contribution in [0.25, 0.3) is 0 Å². The van der Waals surface area contributed by atoms with Crippen molar-refractivity contribution in [1.29, 1.82) is 0 Å². The molecule has 1 aliphatic rings. The van der Waals surface area contributed by atoms with E-state index >= 15 is 0 Å². The van der Waals surface area contributed by atoms with Crippen LogP contribution in [0, 0.1) is 10.1 Å². The van der Waals surface area contributed by atoms with Gasteiger partial charge in [-0.1, -0.05) is 6.07 Å². The predicted molar refractivity (Wildman–Crippen MR) is 132 cm³/mol. The summed E-state index contributed by atoms with van der Waals surface area (Å²) in [6, 6.07) is 3.89. The molecule has 0 radical (unpaired) electrons. The van der Waals surface area contributed by atoms with E-state index in [0.717, 1.165) is 18.2 Å². The number of anilines is 1. The molecule has 2 aromatic rings. The Labute approximate surface area is 219 Å². The number of fused-ring (bicyclic) bond motifs is 2. The van der Waals surface area contributed by atoms with Crippen molar-refractivity contribution < 1.29 is 38.4 Å². The number of nitrogens with two attached hydrogens (primary N) is 3. The minimum absolute atomic E-state index is 0.00239. The van der Waals surface area contributed by atoms with E-state index in [1.54, 1.807) is 0 Å². The van der Waals surface area contributed by atoms with Crippen molar-refractivity contribution in [1.82, 2.24) is 10.6 Å². The van der Waals surface area contributed by atoms with Crippen molar-refractivity contribution in [3.8, 4) is 5.75 Å². The van der Waals surface area contributed by atoms with Gasteiger partial charge in [-0.3, -0.25) is 38.9 Å². The second-order valence-electron chi connectivity index (χ2n) is 8.38. The molecule has 16 heteroatoms. The van der Waals surface area contributed by atoms with Crippen molar-refractivity contribution in [3.63, 3.8) is 0 Å². The van der Waals surface area contributed by atoms with Crippen molar-refractivity contribution in [2.45, 2.75) is 31.5 Å². The lowest BCUT2D eigenvalue weighted by atomic mass is 10.1. The Morgan fingerprint density at radius 1 is 0.923 bits per heavy atom. The van der Waals surface area contributed by atoms with Crippen molar-refractivity contribution >= 4 is 46.8 Å². The Balaban J connectivity index is 2.16. The van der Waals surface area contributed by atoms with Gasteiger partial charge in [0.1, 0.15) is 24.4 Å². The Hall–Kier alpha value is -5.54. The minimum Gasteiger partial charge on any atom is -0.488 e. The smallest absolute Gasteiger partial charge is 0.270 e. The summed E-state index contributed by atoms with van der Waals surface area (Å²) in [5.74, 6) is -5.98. The van der Waals surface area contributed by atoms with Gasteiger partial charge in [0.25, 0.3) is 11.6 Å². The fraction of sp³-hybridized carbons (Fsp3) is 0.217. The van der Waals surface area contributed by atoms with Gasteiger partial charge in [0.05, 0.1) is 23.3 Å². The van der Waals surface area contributed by atoms with E-state index in [9.17, 15) is 38.9 Å². The molecule has 6 amide bonds. The van der Waals surface area contributed by atoms with Gasteiger partial charge >= 0.3 is 0 Å². The van der Waals surface area contributed by atoms with E-state index in [1.807, 2.05) is 0 Å². The zero-order chi connectivity index (χ0) is 28.9. The summed E-state index contributed by atoms with van der Waals surface area (Å²) in [4.78, 5) is 84.7. The number of carbonyl (C=O) groups excluding carboxylic acids is 6. The number of hydrogen-bond donors (Lipinski definition) is 6. The summed E-state index contributed by atoms with van der Waals surface area (Å²) >= 11 is 0. The third-order valence-corrected chi connectivity index (χ3v) is 5.52. The molecule has 0 saturated carbocycles. The van der Waals surface area contributed by atoms with Crippen LogP contribution in [0.2, 0.25) is 0 Å². The molecule has 1 heterocycles. The number of ether oxygens (including phenoxy) is 1. The average molecular weight is 541 g/mol. The monoisotopic (exact) mass is 541 g/mol. The predicted octanol–water partition coefficient (Wildman–Crippen LogP) is -1.44. The summed E-state index contributed by atoms with van der Waals surface area (Å²) in [7, 11) is 0. The first-order valence-electron chi connectivity index (χ1n) is 11.2. The van der Waals surface area contributed by atoms with E-state index < -0.39 is 71.0 Å². The number of nitrogens with one attached hydrogen (secondary N) is 3. The highest BCUT2D eigenvalue weighted by molar-refractivity contribution is 6.04. The topological polar surface area (TPSA) is 269 Å². The highest BCUT2D eigenvalue weighted by Crippen LogP contribution is 2.27. The fourth-order valence-electron chi connectivity index (χ4n) is 3.61. The average Bonchev–Trinajstić information content (AvgIpc) is 2.85. The van der Waals surface area contributed by atoms with E-state index in [2.05, 4.69) is 16.0 Å². The van der Waals surface area contributed by atoms with Crippen LogP contribution in [0.5, 0.6) is 5.75 Å². The number of nitrogens with zero attached hydrogens (tertiary/aromatic N) is 1. The SMILES string of the molecule is NC(=O)C[C@@H]1NC(=O)c2cc([N+](=O)[O-])ccc2OCc2ccc(C(N)=O)cc2NC(=O)[C@H](CC(N)=O)NC1=O. The molecule has 0 saturated heterocycles. The van der Waals surface area contributed by atoms with Gasteiger partial charge in [0.2, 0.25) is 29.5 Å². The Bertz CT molecular complexity index is 1390. The van der Waals surface area contributed by atoms with E-state index in [1.165, 1.54) is 18.2 Å². The number of benzene rings is 2. The summed E-state index contributed by atoms with van der Waals surface area (Å²) in [6.45, 7) is -0.315. The lowest BCUT2D eigenvalue weighted by molar-refractivity contribution is -0.384. The lowest BCUT2D eigenvalue weighted by Gasteiger charge is -2.24. The van der Waals surface area contributed by atoms with Crippen LogP contribution in [-0.4, -0.2) is 52.5 Å². The van der Waals surface area contributed by atoms with Gasteiger partial charge in [-0.25, -0.2) is 0 Å². The molecule has 39 heavy (non-hydrogen) atoms. The molecule has 0 bridgehead atoms. The first kappa shape index (κ1) is 28.0. The zero-order valence-corrected chi connectivity index (χ0v) is 20.1. The highest BCUT2D eigenvalue weighted by Gasteiger charge is 2.31. The number of nitro groups is 1. The first-order valence-corrected chi connectivity index (χ1v) is 11.2. The Morgan fingerprint density at radius 3 is 2.15 bits per heavy atom.